The first-order valence-corrected chi connectivity index (χ1v) is 5.51. The molecule has 1 aliphatic heterocycles. The third kappa shape index (κ3) is 1.62. The van der Waals surface area contributed by atoms with Crippen LogP contribution in [0, 0.1) is 0 Å². The van der Waals surface area contributed by atoms with Crippen molar-refractivity contribution in [2.75, 3.05) is 17.2 Å². The molecule has 0 radical (unpaired) electrons. The second kappa shape index (κ2) is 3.89. The quantitative estimate of drug-likeness (QED) is 0.732. The Bertz CT molecular complexity index is 476. The molecular formula is C12H14N4. The second-order valence-corrected chi connectivity index (χ2v) is 3.97. The minimum Gasteiger partial charge on any atom is -0.384 e. The topological polar surface area (TPSA) is 52.7 Å². The number of benzene rings is 1. The zero-order valence-corrected chi connectivity index (χ0v) is 8.96. The molecule has 82 valence electrons. The average molecular weight is 214 g/mol. The minimum atomic E-state index is 0.829. The van der Waals surface area contributed by atoms with Crippen LogP contribution in [0.5, 0.6) is 0 Å². The molecule has 1 aromatic heterocycles. The number of aromatic nitrogens is 2. The summed E-state index contributed by atoms with van der Waals surface area (Å²) in [5.41, 5.74) is 5.07. The molecule has 4 nitrogen and oxygen atoms in total. The van der Waals surface area contributed by atoms with Crippen LogP contribution in [0.3, 0.4) is 0 Å². The molecule has 0 aliphatic carbocycles. The summed E-state index contributed by atoms with van der Waals surface area (Å²) in [6, 6.07) is 6.47. The van der Waals surface area contributed by atoms with Crippen LogP contribution >= 0.6 is 0 Å². The molecule has 0 atom stereocenters. The number of para-hydroxylation sites is 1. The van der Waals surface area contributed by atoms with E-state index in [1.54, 1.807) is 6.20 Å². The second-order valence-electron chi connectivity index (χ2n) is 3.97. The van der Waals surface area contributed by atoms with E-state index in [4.69, 9.17) is 0 Å². The van der Waals surface area contributed by atoms with Crippen LogP contribution in [0.25, 0.3) is 0 Å². The summed E-state index contributed by atoms with van der Waals surface area (Å²) in [6.07, 6.45) is 4.78. The van der Waals surface area contributed by atoms with E-state index in [0.29, 0.717) is 0 Å². The average Bonchev–Trinajstić information content (AvgIpc) is 2.97. The predicted octanol–water partition coefficient (Wildman–Crippen LogP) is 1.99. The fourth-order valence-electron chi connectivity index (χ4n) is 2.10. The highest BCUT2D eigenvalue weighted by Crippen LogP contribution is 2.26. The maximum atomic E-state index is 3.90. The van der Waals surface area contributed by atoms with Crippen molar-refractivity contribution in [2.24, 2.45) is 0 Å². The van der Waals surface area contributed by atoms with Crippen LogP contribution in [-0.2, 0) is 13.0 Å². The van der Waals surface area contributed by atoms with Crippen LogP contribution in [0.1, 0.15) is 11.1 Å². The summed E-state index contributed by atoms with van der Waals surface area (Å²) in [5, 5.41) is 13.5. The summed E-state index contributed by atoms with van der Waals surface area (Å²) in [5.74, 6) is 0. The highest BCUT2D eigenvalue weighted by molar-refractivity contribution is 5.62. The molecular weight excluding hydrogens is 200 g/mol. The monoisotopic (exact) mass is 214 g/mol. The van der Waals surface area contributed by atoms with Gasteiger partial charge in [-0.3, -0.25) is 5.10 Å². The first-order valence-electron chi connectivity index (χ1n) is 5.51. The SMILES string of the molecule is c1cc2c(c(CNc3cn[nH]c3)c1)NCC2. The van der Waals surface area contributed by atoms with E-state index in [-0.39, 0.29) is 0 Å². The van der Waals surface area contributed by atoms with Crippen molar-refractivity contribution in [1.29, 1.82) is 0 Å². The van der Waals surface area contributed by atoms with Gasteiger partial charge in [0.15, 0.2) is 0 Å². The van der Waals surface area contributed by atoms with Crippen molar-refractivity contribution >= 4 is 11.4 Å². The Kier molecular flexibility index (Phi) is 2.25. The fraction of sp³-hybridized carbons (Fsp3) is 0.250. The van der Waals surface area contributed by atoms with Crippen LogP contribution < -0.4 is 10.6 Å². The Morgan fingerprint density at radius 3 is 3.25 bits per heavy atom. The number of hydrogen-bond acceptors (Lipinski definition) is 3. The summed E-state index contributed by atoms with van der Waals surface area (Å²) >= 11 is 0. The number of nitrogens with zero attached hydrogens (tertiary/aromatic N) is 1. The van der Waals surface area contributed by atoms with Gasteiger partial charge in [-0.15, -0.1) is 0 Å². The summed E-state index contributed by atoms with van der Waals surface area (Å²) in [7, 11) is 0. The van der Waals surface area contributed by atoms with E-state index in [9.17, 15) is 0 Å². The number of rotatable bonds is 3. The Balaban J connectivity index is 1.78. The number of hydrogen-bond donors (Lipinski definition) is 3. The lowest BCUT2D eigenvalue weighted by Crippen LogP contribution is -2.02. The van der Waals surface area contributed by atoms with Gasteiger partial charge in [-0.05, 0) is 17.5 Å². The van der Waals surface area contributed by atoms with Gasteiger partial charge in [0.05, 0.1) is 11.9 Å². The molecule has 0 saturated carbocycles. The van der Waals surface area contributed by atoms with Gasteiger partial charge in [0.2, 0.25) is 0 Å². The van der Waals surface area contributed by atoms with Crippen LogP contribution in [0.4, 0.5) is 11.4 Å². The lowest BCUT2D eigenvalue weighted by Gasteiger charge is -2.09. The summed E-state index contributed by atoms with van der Waals surface area (Å²) < 4.78 is 0. The minimum absolute atomic E-state index is 0.829. The van der Waals surface area contributed by atoms with Crippen LogP contribution in [0.15, 0.2) is 30.6 Å². The van der Waals surface area contributed by atoms with Gasteiger partial charge in [-0.1, -0.05) is 18.2 Å². The summed E-state index contributed by atoms with van der Waals surface area (Å²) in [6.45, 7) is 1.88. The normalized spacial score (nSPS) is 13.2. The van der Waals surface area contributed by atoms with Gasteiger partial charge >= 0.3 is 0 Å². The Labute approximate surface area is 94.1 Å². The van der Waals surface area contributed by atoms with Crippen molar-refractivity contribution in [3.63, 3.8) is 0 Å². The van der Waals surface area contributed by atoms with E-state index in [2.05, 4.69) is 39.0 Å². The zero-order valence-electron chi connectivity index (χ0n) is 8.96. The van der Waals surface area contributed by atoms with Crippen molar-refractivity contribution in [2.45, 2.75) is 13.0 Å². The van der Waals surface area contributed by atoms with Crippen molar-refractivity contribution < 1.29 is 0 Å². The van der Waals surface area contributed by atoms with Crippen molar-refractivity contribution in [3.05, 3.63) is 41.7 Å². The molecule has 0 unspecified atom stereocenters. The van der Waals surface area contributed by atoms with E-state index in [0.717, 1.165) is 25.2 Å². The molecule has 4 heteroatoms. The number of fused-ring (bicyclic) bond motifs is 1. The van der Waals surface area contributed by atoms with Gasteiger partial charge in [0.25, 0.3) is 0 Å². The maximum Gasteiger partial charge on any atom is 0.0726 e. The summed E-state index contributed by atoms with van der Waals surface area (Å²) in [4.78, 5) is 0. The Morgan fingerprint density at radius 2 is 2.38 bits per heavy atom. The highest BCUT2D eigenvalue weighted by Gasteiger charge is 2.12. The maximum absolute atomic E-state index is 3.90. The smallest absolute Gasteiger partial charge is 0.0726 e. The molecule has 16 heavy (non-hydrogen) atoms. The molecule has 0 spiro atoms. The van der Waals surface area contributed by atoms with Crippen LogP contribution in [-0.4, -0.2) is 16.7 Å². The van der Waals surface area contributed by atoms with Gasteiger partial charge in [-0.2, -0.15) is 5.10 Å². The number of anilines is 2. The fourth-order valence-corrected chi connectivity index (χ4v) is 2.10. The molecule has 2 heterocycles. The molecule has 0 amide bonds. The third-order valence-electron chi connectivity index (χ3n) is 2.91. The van der Waals surface area contributed by atoms with Crippen molar-refractivity contribution in [3.8, 4) is 0 Å². The number of aromatic amines is 1. The van der Waals surface area contributed by atoms with Gasteiger partial charge in [0, 0.05) is 25.0 Å². The number of H-pyrrole nitrogens is 1. The molecule has 1 aromatic carbocycles. The predicted molar refractivity (Wildman–Crippen MR) is 64.6 cm³/mol. The van der Waals surface area contributed by atoms with Crippen LogP contribution in [0.2, 0.25) is 0 Å². The highest BCUT2D eigenvalue weighted by atomic mass is 15.1. The lowest BCUT2D eigenvalue weighted by atomic mass is 10.1. The van der Waals surface area contributed by atoms with E-state index >= 15 is 0 Å². The zero-order chi connectivity index (χ0) is 10.8. The largest absolute Gasteiger partial charge is 0.384 e. The van der Waals surface area contributed by atoms with E-state index in [1.807, 2.05) is 6.20 Å². The molecule has 3 rings (SSSR count). The standard InChI is InChI=1S/C12H14N4/c1-2-9-4-5-13-12(9)10(3-1)6-14-11-7-15-16-8-11/h1-3,7-8,13-14H,4-6H2,(H,15,16). The molecule has 1 aliphatic rings. The van der Waals surface area contributed by atoms with Gasteiger partial charge < -0.3 is 10.6 Å². The first kappa shape index (κ1) is 9.27. The first-order chi connectivity index (χ1) is 7.93. The van der Waals surface area contributed by atoms with Gasteiger partial charge in [-0.25, -0.2) is 0 Å². The molecule has 0 bridgehead atoms. The van der Waals surface area contributed by atoms with Crippen molar-refractivity contribution in [1.82, 2.24) is 10.2 Å². The van der Waals surface area contributed by atoms with E-state index < -0.39 is 0 Å². The van der Waals surface area contributed by atoms with E-state index in [1.165, 1.54) is 16.8 Å². The molecule has 2 aromatic rings. The molecule has 3 N–H and O–H groups in total. The number of nitrogens with one attached hydrogen (secondary N) is 3. The third-order valence-corrected chi connectivity index (χ3v) is 2.91. The van der Waals surface area contributed by atoms with Gasteiger partial charge in [0.1, 0.15) is 0 Å². The molecule has 0 saturated heterocycles. The molecule has 0 fully saturated rings. The Morgan fingerprint density at radius 1 is 1.38 bits per heavy atom. The Hall–Kier alpha value is -1.97. The lowest BCUT2D eigenvalue weighted by molar-refractivity contribution is 1.09.